The Hall–Kier alpha value is -4.14. The topological polar surface area (TPSA) is 49.4 Å². The molecule has 2 heterocycles. The summed E-state index contributed by atoms with van der Waals surface area (Å²) in [4.78, 5) is 2.48. The van der Waals surface area contributed by atoms with E-state index in [1.54, 1.807) is 0 Å². The van der Waals surface area contributed by atoms with E-state index in [9.17, 15) is 0 Å². The summed E-state index contributed by atoms with van der Waals surface area (Å²) in [6, 6.07) is 51.8. The van der Waals surface area contributed by atoms with Crippen LogP contribution in [0.15, 0.2) is 152 Å². The largest absolute Gasteiger partial charge is 0.374 e. The van der Waals surface area contributed by atoms with Gasteiger partial charge in [0.1, 0.15) is 24.4 Å². The van der Waals surface area contributed by atoms with Gasteiger partial charge in [0.05, 0.1) is 45.2 Å². The number of nitrogens with zero attached hydrogens (tertiary/aromatic N) is 1. The van der Waals surface area contributed by atoms with Crippen molar-refractivity contribution in [1.29, 1.82) is 0 Å². The van der Waals surface area contributed by atoms with E-state index in [4.69, 9.17) is 23.7 Å². The first kappa shape index (κ1) is 33.4. The average Bonchev–Trinajstić information content (AvgIpc) is 3.50. The predicted molar refractivity (Wildman–Crippen MR) is 190 cm³/mol. The Bertz CT molecular complexity index is 1660. The van der Waals surface area contributed by atoms with Gasteiger partial charge in [-0.25, -0.2) is 0 Å². The second-order valence-electron chi connectivity index (χ2n) is 12.9. The van der Waals surface area contributed by atoms with E-state index in [0.29, 0.717) is 39.6 Å². The van der Waals surface area contributed by atoms with E-state index >= 15 is 0 Å². The Balaban J connectivity index is 1.20. The van der Waals surface area contributed by atoms with Crippen LogP contribution in [0.1, 0.15) is 27.8 Å². The maximum atomic E-state index is 7.10. The lowest BCUT2D eigenvalue weighted by molar-refractivity contribution is -0.247. The third-order valence-corrected chi connectivity index (χ3v) is 9.40. The minimum Gasteiger partial charge on any atom is -0.374 e. The van der Waals surface area contributed by atoms with Gasteiger partial charge in [0.25, 0.3) is 0 Å². The van der Waals surface area contributed by atoms with Crippen LogP contribution >= 0.6 is 0 Å². The van der Waals surface area contributed by atoms with Gasteiger partial charge in [-0.05, 0) is 27.8 Å². The quantitative estimate of drug-likeness (QED) is 0.116. The van der Waals surface area contributed by atoms with Crippen molar-refractivity contribution in [2.24, 2.45) is 0 Å². The second kappa shape index (κ2) is 17.0. The molecule has 2 fully saturated rings. The summed E-state index contributed by atoms with van der Waals surface area (Å²) in [6.07, 6.45) is -1.46. The number of hydrogen-bond donors (Lipinski definition) is 0. The summed E-state index contributed by atoms with van der Waals surface area (Å²) >= 11 is 0. The van der Waals surface area contributed by atoms with E-state index in [1.807, 2.05) is 48.5 Å². The summed E-state index contributed by atoms with van der Waals surface area (Å²) in [6.45, 7) is 3.74. The zero-order valence-corrected chi connectivity index (χ0v) is 27.8. The number of rotatable bonds is 15. The third kappa shape index (κ3) is 8.91. The van der Waals surface area contributed by atoms with Crippen molar-refractivity contribution in [3.63, 3.8) is 0 Å². The van der Waals surface area contributed by atoms with E-state index < -0.39 is 0 Å². The Labute approximate surface area is 290 Å². The molecule has 6 atom stereocenters. The summed E-state index contributed by atoms with van der Waals surface area (Å²) in [5.41, 5.74) is 5.72. The highest BCUT2D eigenvalue weighted by atomic mass is 16.6. The highest BCUT2D eigenvalue weighted by Gasteiger charge is 2.56. The smallest absolute Gasteiger partial charge is 0.114 e. The van der Waals surface area contributed by atoms with E-state index in [0.717, 1.165) is 28.8 Å². The number of likely N-dealkylation sites (tertiary alicyclic amines) is 1. The lowest BCUT2D eigenvalue weighted by Gasteiger charge is -2.47. The highest BCUT2D eigenvalue weighted by molar-refractivity contribution is 5.19. The molecule has 2 aliphatic rings. The van der Waals surface area contributed by atoms with Crippen LogP contribution in [0.5, 0.6) is 0 Å². The molecule has 0 radical (unpaired) electrons. The van der Waals surface area contributed by atoms with Gasteiger partial charge in [-0.3, -0.25) is 4.90 Å². The molecule has 2 saturated heterocycles. The fourth-order valence-corrected chi connectivity index (χ4v) is 6.98. The first-order valence-corrected chi connectivity index (χ1v) is 17.3. The Morgan fingerprint density at radius 2 is 0.918 bits per heavy atom. The Morgan fingerprint density at radius 3 is 1.43 bits per heavy atom. The first-order chi connectivity index (χ1) is 24.3. The van der Waals surface area contributed by atoms with Crippen LogP contribution < -0.4 is 0 Å². The molecule has 5 aromatic rings. The van der Waals surface area contributed by atoms with Gasteiger partial charge >= 0.3 is 0 Å². The van der Waals surface area contributed by atoms with Crippen molar-refractivity contribution in [2.75, 3.05) is 13.2 Å². The van der Waals surface area contributed by atoms with Gasteiger partial charge in [0.2, 0.25) is 0 Å². The maximum absolute atomic E-state index is 7.10. The van der Waals surface area contributed by atoms with Gasteiger partial charge < -0.3 is 23.7 Å². The van der Waals surface area contributed by atoms with Crippen LogP contribution in [0, 0.1) is 0 Å². The molecular formula is C43H45NO5. The average molecular weight is 656 g/mol. The summed E-state index contributed by atoms with van der Waals surface area (Å²) in [7, 11) is 0. The number of fused-ring (bicyclic) bond motifs is 1. The molecule has 252 valence electrons. The SMILES string of the molecule is c1ccc(COC[C@H]2O[C@@H]3[C@H]([C@@H](OCc4ccccc4)[C@@H]2OCc2ccccc2)N(Cc2ccccc2)C[C@@H]3OCc2ccccc2)cc1. The van der Waals surface area contributed by atoms with Crippen molar-refractivity contribution in [3.05, 3.63) is 179 Å². The molecule has 5 aromatic carbocycles. The molecule has 0 aliphatic carbocycles. The van der Waals surface area contributed by atoms with Crippen molar-refractivity contribution >= 4 is 0 Å². The number of ether oxygens (including phenoxy) is 5. The molecular weight excluding hydrogens is 610 g/mol. The fourth-order valence-electron chi connectivity index (χ4n) is 6.98. The van der Waals surface area contributed by atoms with E-state index in [-0.39, 0.29) is 36.6 Å². The van der Waals surface area contributed by atoms with Crippen LogP contribution in [0.25, 0.3) is 0 Å². The molecule has 0 aromatic heterocycles. The maximum Gasteiger partial charge on any atom is 0.114 e. The molecule has 6 heteroatoms. The summed E-state index contributed by atoms with van der Waals surface area (Å²) in [5.74, 6) is 0. The van der Waals surface area contributed by atoms with Crippen LogP contribution in [0.3, 0.4) is 0 Å². The van der Waals surface area contributed by atoms with Crippen LogP contribution in [0.4, 0.5) is 0 Å². The minimum absolute atomic E-state index is 0.101. The standard InChI is InChI=1S/C43H45NO5/c1-6-16-33(17-7-1)26-44-27-38(46-29-35-20-10-3-11-21-35)41-40(44)43(48-31-37-24-14-5-15-25-37)42(47-30-36-22-12-4-13-23-36)39(49-41)32-45-28-34-18-8-2-9-19-34/h1-25,38-43H,26-32H2/t38-,39+,40+,41-,42+,43+/m0/s1. The highest BCUT2D eigenvalue weighted by Crippen LogP contribution is 2.38. The number of benzene rings is 5. The van der Waals surface area contributed by atoms with Gasteiger partial charge in [-0.2, -0.15) is 0 Å². The van der Waals surface area contributed by atoms with Gasteiger partial charge in [0.15, 0.2) is 0 Å². The lowest BCUT2D eigenvalue weighted by Crippen LogP contribution is -2.63. The molecule has 6 nitrogen and oxygen atoms in total. The molecule has 2 aliphatic heterocycles. The third-order valence-electron chi connectivity index (χ3n) is 9.40. The molecule has 0 unspecified atom stereocenters. The Kier molecular flexibility index (Phi) is 11.6. The van der Waals surface area contributed by atoms with Crippen molar-refractivity contribution in [1.82, 2.24) is 4.90 Å². The molecule has 49 heavy (non-hydrogen) atoms. The van der Waals surface area contributed by atoms with E-state index in [2.05, 4.69) is 108 Å². The van der Waals surface area contributed by atoms with Crippen molar-refractivity contribution in [2.45, 2.75) is 69.5 Å². The first-order valence-electron chi connectivity index (χ1n) is 17.3. The molecule has 0 spiro atoms. The number of hydrogen-bond acceptors (Lipinski definition) is 6. The second-order valence-corrected chi connectivity index (χ2v) is 12.9. The summed E-state index contributed by atoms with van der Waals surface area (Å²) in [5, 5.41) is 0. The van der Waals surface area contributed by atoms with Crippen molar-refractivity contribution < 1.29 is 23.7 Å². The zero-order chi connectivity index (χ0) is 33.1. The monoisotopic (exact) mass is 655 g/mol. The fraction of sp³-hybridized carbons (Fsp3) is 0.302. The molecule has 0 saturated carbocycles. The van der Waals surface area contributed by atoms with Crippen LogP contribution in [-0.4, -0.2) is 54.6 Å². The lowest BCUT2D eigenvalue weighted by atomic mass is 9.91. The van der Waals surface area contributed by atoms with Crippen LogP contribution in [-0.2, 0) is 56.7 Å². The van der Waals surface area contributed by atoms with Gasteiger partial charge in [-0.15, -0.1) is 0 Å². The van der Waals surface area contributed by atoms with E-state index in [1.165, 1.54) is 5.56 Å². The van der Waals surface area contributed by atoms with Gasteiger partial charge in [-0.1, -0.05) is 152 Å². The zero-order valence-electron chi connectivity index (χ0n) is 27.8. The molecule has 7 rings (SSSR count). The molecule has 0 bridgehead atoms. The normalized spacial score (nSPS) is 23.7. The predicted octanol–water partition coefficient (Wildman–Crippen LogP) is 7.61. The summed E-state index contributed by atoms with van der Waals surface area (Å²) < 4.78 is 34.1. The molecule has 0 amide bonds. The van der Waals surface area contributed by atoms with Crippen molar-refractivity contribution in [3.8, 4) is 0 Å². The van der Waals surface area contributed by atoms with Crippen LogP contribution in [0.2, 0.25) is 0 Å². The minimum atomic E-state index is -0.382. The Morgan fingerprint density at radius 1 is 0.490 bits per heavy atom. The molecule has 0 N–H and O–H groups in total. The van der Waals surface area contributed by atoms with Gasteiger partial charge in [0, 0.05) is 13.1 Å².